The summed E-state index contributed by atoms with van der Waals surface area (Å²) >= 11 is 0. The molecule has 0 aliphatic heterocycles. The van der Waals surface area contributed by atoms with Crippen LogP contribution < -0.4 is 5.73 Å². The van der Waals surface area contributed by atoms with Gasteiger partial charge in [-0.15, -0.1) is 0 Å². The molecular formula is C16H23FN4. The van der Waals surface area contributed by atoms with E-state index in [2.05, 4.69) is 16.9 Å². The fraction of sp³-hybridized carbons (Fsp3) is 0.438. The number of nitrogens with two attached hydrogens (primary N) is 1. The Hall–Kier alpha value is -1.72. The minimum atomic E-state index is -0.181. The summed E-state index contributed by atoms with van der Waals surface area (Å²) in [4.78, 5) is 2.09. The maximum atomic E-state index is 13.8. The second-order valence-electron chi connectivity index (χ2n) is 5.47. The summed E-state index contributed by atoms with van der Waals surface area (Å²) in [7, 11) is 3.86. The number of likely N-dealkylation sites (N-methyl/N-ethyl adjacent to an activating group) is 1. The third-order valence-corrected chi connectivity index (χ3v) is 3.80. The van der Waals surface area contributed by atoms with Crippen molar-refractivity contribution >= 4 is 0 Å². The van der Waals surface area contributed by atoms with Gasteiger partial charge in [-0.05, 0) is 19.5 Å². The highest BCUT2D eigenvalue weighted by atomic mass is 19.1. The SMILES string of the molecule is CCC(N)C(c1cnn(C)c1)N(C)Cc1ccccc1F. The van der Waals surface area contributed by atoms with Gasteiger partial charge in [0.25, 0.3) is 0 Å². The van der Waals surface area contributed by atoms with E-state index in [4.69, 9.17) is 5.73 Å². The van der Waals surface area contributed by atoms with E-state index < -0.39 is 0 Å². The summed E-state index contributed by atoms with van der Waals surface area (Å²) in [6.07, 6.45) is 4.65. The van der Waals surface area contributed by atoms with E-state index in [0.717, 1.165) is 12.0 Å². The largest absolute Gasteiger partial charge is 0.326 e. The quantitative estimate of drug-likeness (QED) is 0.889. The smallest absolute Gasteiger partial charge is 0.127 e. The van der Waals surface area contributed by atoms with Crippen molar-refractivity contribution in [3.8, 4) is 0 Å². The van der Waals surface area contributed by atoms with Gasteiger partial charge in [-0.2, -0.15) is 5.10 Å². The summed E-state index contributed by atoms with van der Waals surface area (Å²) < 4.78 is 15.6. The first-order chi connectivity index (χ1) is 10.0. The highest BCUT2D eigenvalue weighted by molar-refractivity contribution is 5.19. The van der Waals surface area contributed by atoms with Gasteiger partial charge in [0.2, 0.25) is 0 Å². The molecule has 0 aliphatic rings. The third-order valence-electron chi connectivity index (χ3n) is 3.80. The van der Waals surface area contributed by atoms with Crippen LogP contribution in [0.1, 0.15) is 30.5 Å². The van der Waals surface area contributed by atoms with Gasteiger partial charge in [0.05, 0.1) is 12.2 Å². The molecule has 1 aromatic heterocycles. The minimum Gasteiger partial charge on any atom is -0.326 e. The highest BCUT2D eigenvalue weighted by Gasteiger charge is 2.25. The van der Waals surface area contributed by atoms with Crippen molar-refractivity contribution in [3.63, 3.8) is 0 Å². The molecule has 21 heavy (non-hydrogen) atoms. The Bertz CT molecular complexity index is 581. The van der Waals surface area contributed by atoms with Crippen LogP contribution in [0.25, 0.3) is 0 Å². The average molecular weight is 290 g/mol. The number of aromatic nitrogens is 2. The monoisotopic (exact) mass is 290 g/mol. The second kappa shape index (κ2) is 6.83. The zero-order valence-electron chi connectivity index (χ0n) is 12.8. The predicted octanol–water partition coefficient (Wildman–Crippen LogP) is 2.47. The molecule has 1 aromatic carbocycles. The van der Waals surface area contributed by atoms with Crippen molar-refractivity contribution in [1.82, 2.24) is 14.7 Å². The van der Waals surface area contributed by atoms with Crippen LogP contribution >= 0.6 is 0 Å². The van der Waals surface area contributed by atoms with Crippen LogP contribution in [-0.2, 0) is 13.6 Å². The number of hydrogen-bond donors (Lipinski definition) is 1. The zero-order valence-corrected chi connectivity index (χ0v) is 12.8. The molecule has 0 fully saturated rings. The summed E-state index contributed by atoms with van der Waals surface area (Å²) in [6.45, 7) is 2.57. The lowest BCUT2D eigenvalue weighted by Crippen LogP contribution is -2.38. The number of aryl methyl sites for hydroxylation is 1. The first-order valence-corrected chi connectivity index (χ1v) is 7.20. The van der Waals surface area contributed by atoms with Gasteiger partial charge in [-0.3, -0.25) is 9.58 Å². The van der Waals surface area contributed by atoms with Gasteiger partial charge in [0, 0.05) is 37.0 Å². The van der Waals surface area contributed by atoms with Crippen molar-refractivity contribution < 1.29 is 4.39 Å². The standard InChI is InChI=1S/C16H23FN4/c1-4-15(18)16(13-9-19-21(3)11-13)20(2)10-12-7-5-6-8-14(12)17/h5-9,11,15-16H,4,10,18H2,1-3H3. The Kier molecular flexibility index (Phi) is 5.09. The van der Waals surface area contributed by atoms with E-state index in [1.807, 2.05) is 38.6 Å². The molecule has 2 rings (SSSR count). The molecule has 1 heterocycles. The van der Waals surface area contributed by atoms with Crippen LogP contribution in [0.4, 0.5) is 4.39 Å². The van der Waals surface area contributed by atoms with Crippen LogP contribution in [0.15, 0.2) is 36.7 Å². The Morgan fingerprint density at radius 1 is 1.38 bits per heavy atom. The number of benzene rings is 1. The molecule has 114 valence electrons. The van der Waals surface area contributed by atoms with E-state index in [-0.39, 0.29) is 17.9 Å². The van der Waals surface area contributed by atoms with Gasteiger partial charge in [-0.25, -0.2) is 4.39 Å². The Balaban J connectivity index is 2.22. The van der Waals surface area contributed by atoms with Crippen LogP contribution in [0.5, 0.6) is 0 Å². The molecule has 2 atom stereocenters. The van der Waals surface area contributed by atoms with Crippen LogP contribution in [0, 0.1) is 5.82 Å². The van der Waals surface area contributed by atoms with Crippen molar-refractivity contribution in [3.05, 3.63) is 53.6 Å². The van der Waals surface area contributed by atoms with Crippen LogP contribution in [0.2, 0.25) is 0 Å². The summed E-state index contributed by atoms with van der Waals surface area (Å²) in [5, 5.41) is 4.22. The molecule has 0 aliphatic carbocycles. The summed E-state index contributed by atoms with van der Waals surface area (Å²) in [5.74, 6) is -0.181. The molecule has 4 nitrogen and oxygen atoms in total. The fourth-order valence-corrected chi connectivity index (χ4v) is 2.64. The molecule has 0 bridgehead atoms. The van der Waals surface area contributed by atoms with Crippen LogP contribution in [-0.4, -0.2) is 27.8 Å². The number of halogens is 1. The molecule has 0 radical (unpaired) electrons. The molecule has 2 aromatic rings. The molecule has 5 heteroatoms. The van der Waals surface area contributed by atoms with Gasteiger partial charge in [0.15, 0.2) is 0 Å². The van der Waals surface area contributed by atoms with E-state index in [1.165, 1.54) is 6.07 Å². The zero-order chi connectivity index (χ0) is 15.4. The van der Waals surface area contributed by atoms with E-state index in [9.17, 15) is 4.39 Å². The van der Waals surface area contributed by atoms with Gasteiger partial charge < -0.3 is 5.73 Å². The molecule has 0 spiro atoms. The van der Waals surface area contributed by atoms with Gasteiger partial charge in [-0.1, -0.05) is 25.1 Å². The lowest BCUT2D eigenvalue weighted by Gasteiger charge is -2.31. The normalized spacial score (nSPS) is 14.4. The van der Waals surface area contributed by atoms with Crippen LogP contribution in [0.3, 0.4) is 0 Å². The lowest BCUT2D eigenvalue weighted by atomic mass is 9.99. The Labute approximate surface area is 125 Å². The Morgan fingerprint density at radius 2 is 2.10 bits per heavy atom. The van der Waals surface area contributed by atoms with Crippen molar-refractivity contribution in [2.75, 3.05) is 7.05 Å². The predicted molar refractivity (Wildman–Crippen MR) is 82.1 cm³/mol. The van der Waals surface area contributed by atoms with Gasteiger partial charge in [0.1, 0.15) is 5.82 Å². The topological polar surface area (TPSA) is 47.1 Å². The molecule has 2 N–H and O–H groups in total. The third kappa shape index (κ3) is 3.68. The van der Waals surface area contributed by atoms with E-state index >= 15 is 0 Å². The highest BCUT2D eigenvalue weighted by Crippen LogP contribution is 2.25. The molecular weight excluding hydrogens is 267 g/mol. The Morgan fingerprint density at radius 3 is 2.67 bits per heavy atom. The summed E-state index contributed by atoms with van der Waals surface area (Å²) in [6, 6.07) is 6.85. The number of nitrogens with zero attached hydrogens (tertiary/aromatic N) is 3. The first-order valence-electron chi connectivity index (χ1n) is 7.20. The van der Waals surface area contributed by atoms with Crippen molar-refractivity contribution in [2.24, 2.45) is 12.8 Å². The minimum absolute atomic E-state index is 0.0170. The van der Waals surface area contributed by atoms with Gasteiger partial charge >= 0.3 is 0 Å². The van der Waals surface area contributed by atoms with Crippen molar-refractivity contribution in [1.29, 1.82) is 0 Å². The maximum Gasteiger partial charge on any atom is 0.127 e. The number of rotatable bonds is 6. The fourth-order valence-electron chi connectivity index (χ4n) is 2.64. The molecule has 0 saturated heterocycles. The second-order valence-corrected chi connectivity index (χ2v) is 5.47. The van der Waals surface area contributed by atoms with E-state index in [1.54, 1.807) is 10.7 Å². The first kappa shape index (κ1) is 15.7. The van der Waals surface area contributed by atoms with E-state index in [0.29, 0.717) is 12.1 Å². The molecule has 2 unspecified atom stereocenters. The average Bonchev–Trinajstić information content (AvgIpc) is 2.87. The van der Waals surface area contributed by atoms with Crippen molar-refractivity contribution in [2.45, 2.75) is 32.0 Å². The molecule has 0 amide bonds. The summed E-state index contributed by atoms with van der Waals surface area (Å²) in [5.41, 5.74) is 8.02. The molecule has 0 saturated carbocycles. The lowest BCUT2D eigenvalue weighted by molar-refractivity contribution is 0.199. The maximum absolute atomic E-state index is 13.8. The number of hydrogen-bond acceptors (Lipinski definition) is 3.